The van der Waals surface area contributed by atoms with E-state index in [1.54, 1.807) is 23.4 Å². The van der Waals surface area contributed by atoms with Crippen molar-refractivity contribution in [3.63, 3.8) is 0 Å². The minimum absolute atomic E-state index is 0.0637. The molecule has 0 radical (unpaired) electrons. The zero-order valence-electron chi connectivity index (χ0n) is 14.8. The van der Waals surface area contributed by atoms with Gasteiger partial charge < -0.3 is 10.2 Å². The second kappa shape index (κ2) is 7.28. The molecule has 0 atom stereocenters. The Balaban J connectivity index is 1.53. The van der Waals surface area contributed by atoms with Crippen LogP contribution >= 0.6 is 0 Å². The summed E-state index contributed by atoms with van der Waals surface area (Å²) < 4.78 is 0. The van der Waals surface area contributed by atoms with Gasteiger partial charge in [0.15, 0.2) is 0 Å². The Bertz CT molecular complexity index is 813. The Labute approximate surface area is 153 Å². The number of aromatic nitrogens is 1. The fraction of sp³-hybridized carbons (Fsp3) is 0.381. The van der Waals surface area contributed by atoms with Gasteiger partial charge in [-0.25, -0.2) is 0 Å². The van der Waals surface area contributed by atoms with Crippen molar-refractivity contribution in [2.45, 2.75) is 51.2 Å². The van der Waals surface area contributed by atoms with Crippen LogP contribution in [-0.2, 0) is 13.1 Å². The Hall–Kier alpha value is -2.69. The van der Waals surface area contributed by atoms with Crippen molar-refractivity contribution in [1.29, 1.82) is 0 Å². The summed E-state index contributed by atoms with van der Waals surface area (Å²) in [4.78, 5) is 31.5. The summed E-state index contributed by atoms with van der Waals surface area (Å²) in [7, 11) is 0. The van der Waals surface area contributed by atoms with Gasteiger partial charge in [0, 0.05) is 31.5 Å². The number of fused-ring (bicyclic) bond motifs is 1. The minimum Gasteiger partial charge on any atom is -0.349 e. The molecular formula is C21H23N3O2. The molecule has 4 rings (SSSR count). The minimum atomic E-state index is -0.118. The Morgan fingerprint density at radius 2 is 1.88 bits per heavy atom. The molecule has 2 aliphatic rings. The normalized spacial score (nSPS) is 17.2. The van der Waals surface area contributed by atoms with Crippen LogP contribution in [0.25, 0.3) is 0 Å². The van der Waals surface area contributed by atoms with Gasteiger partial charge in [0.2, 0.25) is 0 Å². The molecule has 26 heavy (non-hydrogen) atoms. The third-order valence-corrected chi connectivity index (χ3v) is 5.32. The van der Waals surface area contributed by atoms with E-state index in [1.165, 1.54) is 6.42 Å². The van der Waals surface area contributed by atoms with E-state index in [2.05, 4.69) is 10.3 Å². The number of hydrogen-bond acceptors (Lipinski definition) is 3. The van der Waals surface area contributed by atoms with Gasteiger partial charge in [-0.3, -0.25) is 14.6 Å². The summed E-state index contributed by atoms with van der Waals surface area (Å²) in [5.41, 5.74) is 3.04. The number of nitrogens with zero attached hydrogens (tertiary/aromatic N) is 2. The monoisotopic (exact) mass is 349 g/mol. The largest absolute Gasteiger partial charge is 0.349 e. The molecule has 1 aromatic heterocycles. The summed E-state index contributed by atoms with van der Waals surface area (Å²) in [6, 6.07) is 9.64. The van der Waals surface area contributed by atoms with Crippen LogP contribution in [-0.4, -0.2) is 27.7 Å². The van der Waals surface area contributed by atoms with E-state index < -0.39 is 0 Å². The first-order valence-electron chi connectivity index (χ1n) is 9.33. The van der Waals surface area contributed by atoms with Crippen LogP contribution in [0.3, 0.4) is 0 Å². The van der Waals surface area contributed by atoms with Crippen molar-refractivity contribution in [1.82, 2.24) is 15.2 Å². The fourth-order valence-electron chi connectivity index (χ4n) is 3.96. The van der Waals surface area contributed by atoms with Crippen LogP contribution in [0.1, 0.15) is 63.9 Å². The van der Waals surface area contributed by atoms with Gasteiger partial charge in [0.05, 0.1) is 11.1 Å². The van der Waals surface area contributed by atoms with E-state index in [0.717, 1.165) is 36.8 Å². The second-order valence-electron chi connectivity index (χ2n) is 7.16. The first kappa shape index (κ1) is 16.8. The van der Waals surface area contributed by atoms with Crippen molar-refractivity contribution in [2.75, 3.05) is 0 Å². The van der Waals surface area contributed by atoms with Gasteiger partial charge in [-0.05, 0) is 42.2 Å². The first-order chi connectivity index (χ1) is 12.7. The van der Waals surface area contributed by atoms with E-state index in [-0.39, 0.29) is 17.9 Å². The van der Waals surface area contributed by atoms with Crippen LogP contribution < -0.4 is 5.32 Å². The molecule has 134 valence electrons. The van der Waals surface area contributed by atoms with E-state index in [0.29, 0.717) is 24.2 Å². The summed E-state index contributed by atoms with van der Waals surface area (Å²) in [6.45, 7) is 1.07. The number of pyridine rings is 1. The van der Waals surface area contributed by atoms with E-state index >= 15 is 0 Å². The van der Waals surface area contributed by atoms with Crippen LogP contribution in [0.4, 0.5) is 0 Å². The Morgan fingerprint density at radius 1 is 1.12 bits per heavy atom. The average Bonchev–Trinajstić information content (AvgIpc) is 2.99. The molecular weight excluding hydrogens is 326 g/mol. The summed E-state index contributed by atoms with van der Waals surface area (Å²) in [5, 5.41) is 3.13. The first-order valence-corrected chi connectivity index (χ1v) is 9.33. The molecule has 0 bridgehead atoms. The van der Waals surface area contributed by atoms with Gasteiger partial charge in [0.25, 0.3) is 11.8 Å². The second-order valence-corrected chi connectivity index (χ2v) is 7.16. The molecule has 1 saturated carbocycles. The predicted molar refractivity (Wildman–Crippen MR) is 98.6 cm³/mol. The van der Waals surface area contributed by atoms with Gasteiger partial charge in [-0.15, -0.1) is 0 Å². The average molecular weight is 349 g/mol. The lowest BCUT2D eigenvalue weighted by atomic mass is 9.94. The SMILES string of the molecule is O=C(NC1CCCCC1)c1cccc2c1C(=O)N(Cc1ccncc1)C2. The molecule has 2 amide bonds. The predicted octanol–water partition coefficient (Wildman–Crippen LogP) is 3.30. The summed E-state index contributed by atoms with van der Waals surface area (Å²) >= 11 is 0. The van der Waals surface area contributed by atoms with Gasteiger partial charge >= 0.3 is 0 Å². The molecule has 1 aliphatic heterocycles. The highest BCUT2D eigenvalue weighted by atomic mass is 16.2. The Kier molecular flexibility index (Phi) is 4.69. The van der Waals surface area contributed by atoms with Gasteiger partial charge in [-0.2, -0.15) is 0 Å². The van der Waals surface area contributed by atoms with Crippen molar-refractivity contribution >= 4 is 11.8 Å². The molecule has 1 aliphatic carbocycles. The van der Waals surface area contributed by atoms with E-state index in [9.17, 15) is 9.59 Å². The highest BCUT2D eigenvalue weighted by molar-refractivity contribution is 6.09. The maximum atomic E-state index is 12.9. The van der Waals surface area contributed by atoms with Gasteiger partial charge in [0.1, 0.15) is 0 Å². The standard InChI is InChI=1S/C21H23N3O2/c25-20(23-17-6-2-1-3-7-17)18-8-4-5-16-14-24(21(26)19(16)18)13-15-9-11-22-12-10-15/h4-5,8-12,17H,1-3,6-7,13-14H2,(H,23,25). The lowest BCUT2D eigenvalue weighted by molar-refractivity contribution is 0.0760. The van der Waals surface area contributed by atoms with E-state index in [4.69, 9.17) is 0 Å². The van der Waals surface area contributed by atoms with Crippen LogP contribution in [0.15, 0.2) is 42.7 Å². The zero-order chi connectivity index (χ0) is 17.9. The third-order valence-electron chi connectivity index (χ3n) is 5.32. The topological polar surface area (TPSA) is 62.3 Å². The number of rotatable bonds is 4. The lowest BCUT2D eigenvalue weighted by Crippen LogP contribution is -2.37. The van der Waals surface area contributed by atoms with Crippen LogP contribution in [0.2, 0.25) is 0 Å². The third kappa shape index (κ3) is 3.34. The quantitative estimate of drug-likeness (QED) is 0.921. The lowest BCUT2D eigenvalue weighted by Gasteiger charge is -2.23. The number of benzene rings is 1. The van der Waals surface area contributed by atoms with E-state index in [1.807, 2.05) is 24.3 Å². The molecule has 0 saturated heterocycles. The number of hydrogen-bond donors (Lipinski definition) is 1. The van der Waals surface area contributed by atoms with Crippen LogP contribution in [0, 0.1) is 0 Å². The highest BCUT2D eigenvalue weighted by Gasteiger charge is 2.32. The van der Waals surface area contributed by atoms with Crippen molar-refractivity contribution in [3.05, 3.63) is 65.0 Å². The van der Waals surface area contributed by atoms with Gasteiger partial charge in [-0.1, -0.05) is 31.4 Å². The molecule has 5 nitrogen and oxygen atoms in total. The zero-order valence-corrected chi connectivity index (χ0v) is 14.8. The number of nitrogens with one attached hydrogen (secondary N) is 1. The molecule has 1 aromatic carbocycles. The molecule has 1 N–H and O–H groups in total. The van der Waals surface area contributed by atoms with Crippen molar-refractivity contribution in [3.8, 4) is 0 Å². The smallest absolute Gasteiger partial charge is 0.255 e. The molecule has 0 spiro atoms. The van der Waals surface area contributed by atoms with Crippen LogP contribution in [0.5, 0.6) is 0 Å². The maximum absolute atomic E-state index is 12.9. The van der Waals surface area contributed by atoms with Crippen molar-refractivity contribution in [2.24, 2.45) is 0 Å². The maximum Gasteiger partial charge on any atom is 0.255 e. The fourth-order valence-corrected chi connectivity index (χ4v) is 3.96. The summed E-state index contributed by atoms with van der Waals surface area (Å²) in [6.07, 6.45) is 9.09. The number of carbonyl (C=O) groups is 2. The number of carbonyl (C=O) groups excluding carboxylic acids is 2. The molecule has 2 aromatic rings. The summed E-state index contributed by atoms with van der Waals surface area (Å²) in [5.74, 6) is -0.181. The van der Waals surface area contributed by atoms with Crippen molar-refractivity contribution < 1.29 is 9.59 Å². The molecule has 1 fully saturated rings. The molecule has 5 heteroatoms. The number of amides is 2. The molecule has 0 unspecified atom stereocenters. The highest BCUT2D eigenvalue weighted by Crippen LogP contribution is 2.28. The molecule has 2 heterocycles. The Morgan fingerprint density at radius 3 is 2.65 bits per heavy atom.